The minimum atomic E-state index is -0.263. The molecule has 0 aromatic carbocycles. The first-order valence-corrected chi connectivity index (χ1v) is 3.33. The molecular formula is C7H5N3O2. The van der Waals surface area contributed by atoms with Crippen molar-refractivity contribution in [2.24, 2.45) is 0 Å². The minimum Gasteiger partial charge on any atom is -0.328 e. The maximum atomic E-state index is 11.1. The Morgan fingerprint density at radius 1 is 1.25 bits per heavy atom. The van der Waals surface area contributed by atoms with E-state index in [9.17, 15) is 9.59 Å². The van der Waals surface area contributed by atoms with Gasteiger partial charge in [-0.1, -0.05) is 0 Å². The van der Waals surface area contributed by atoms with Crippen LogP contribution in [0, 0.1) is 0 Å². The van der Waals surface area contributed by atoms with E-state index in [1.54, 1.807) is 0 Å². The molecule has 0 saturated heterocycles. The minimum absolute atomic E-state index is 0.253. The van der Waals surface area contributed by atoms with Gasteiger partial charge in [-0.15, -0.1) is 0 Å². The van der Waals surface area contributed by atoms with Gasteiger partial charge < -0.3 is 9.97 Å². The first-order chi connectivity index (χ1) is 5.77. The SMILES string of the molecule is O=c1cc2nc[nH]c(=O)c2c[nH]1. The van der Waals surface area contributed by atoms with Crippen molar-refractivity contribution in [3.05, 3.63) is 39.3 Å². The summed E-state index contributed by atoms with van der Waals surface area (Å²) < 4.78 is 0. The summed E-state index contributed by atoms with van der Waals surface area (Å²) in [5, 5.41) is 0.386. The first-order valence-electron chi connectivity index (χ1n) is 3.33. The molecule has 2 N–H and O–H groups in total. The lowest BCUT2D eigenvalue weighted by Gasteiger charge is -1.91. The zero-order chi connectivity index (χ0) is 8.55. The maximum absolute atomic E-state index is 11.1. The topological polar surface area (TPSA) is 78.6 Å². The summed E-state index contributed by atoms with van der Waals surface area (Å²) in [6.07, 6.45) is 2.62. The molecule has 0 aliphatic rings. The van der Waals surface area contributed by atoms with E-state index in [-0.39, 0.29) is 11.1 Å². The molecule has 0 aliphatic carbocycles. The molecule has 0 amide bonds. The Morgan fingerprint density at radius 3 is 2.92 bits per heavy atom. The van der Waals surface area contributed by atoms with Crippen molar-refractivity contribution in [1.82, 2.24) is 15.0 Å². The molecule has 0 unspecified atom stereocenters. The van der Waals surface area contributed by atoms with E-state index in [0.717, 1.165) is 0 Å². The number of hydrogen-bond acceptors (Lipinski definition) is 3. The average molecular weight is 163 g/mol. The van der Waals surface area contributed by atoms with E-state index < -0.39 is 0 Å². The monoisotopic (exact) mass is 163 g/mol. The smallest absolute Gasteiger partial charge is 0.260 e. The third-order valence-electron chi connectivity index (χ3n) is 1.55. The van der Waals surface area contributed by atoms with E-state index >= 15 is 0 Å². The number of fused-ring (bicyclic) bond motifs is 1. The number of aromatic nitrogens is 3. The Morgan fingerprint density at radius 2 is 2.08 bits per heavy atom. The van der Waals surface area contributed by atoms with Crippen LogP contribution in [0.15, 0.2) is 28.2 Å². The fourth-order valence-corrected chi connectivity index (χ4v) is 0.988. The molecule has 0 spiro atoms. The largest absolute Gasteiger partial charge is 0.328 e. The second kappa shape index (κ2) is 2.30. The van der Waals surface area contributed by atoms with Crippen LogP contribution in [0.2, 0.25) is 0 Å². The lowest BCUT2D eigenvalue weighted by atomic mass is 10.3. The molecule has 60 valence electrons. The van der Waals surface area contributed by atoms with Gasteiger partial charge in [-0.2, -0.15) is 0 Å². The highest BCUT2D eigenvalue weighted by Crippen LogP contribution is 1.97. The second-order valence-electron chi connectivity index (χ2n) is 2.33. The quantitative estimate of drug-likeness (QED) is 0.555. The summed E-state index contributed by atoms with van der Waals surface area (Å²) >= 11 is 0. The van der Waals surface area contributed by atoms with E-state index in [1.807, 2.05) is 0 Å². The van der Waals surface area contributed by atoms with Gasteiger partial charge in [-0.25, -0.2) is 4.98 Å². The normalized spacial score (nSPS) is 10.3. The van der Waals surface area contributed by atoms with Crippen LogP contribution in [0.5, 0.6) is 0 Å². The van der Waals surface area contributed by atoms with Crippen molar-refractivity contribution in [2.45, 2.75) is 0 Å². The third kappa shape index (κ3) is 0.914. The zero-order valence-corrected chi connectivity index (χ0v) is 6.00. The van der Waals surface area contributed by atoms with Crippen LogP contribution in [0.1, 0.15) is 0 Å². The van der Waals surface area contributed by atoms with Crippen LogP contribution in [-0.4, -0.2) is 15.0 Å². The highest BCUT2D eigenvalue weighted by molar-refractivity contribution is 5.75. The number of rotatable bonds is 0. The number of pyridine rings is 1. The van der Waals surface area contributed by atoms with Gasteiger partial charge in [-0.3, -0.25) is 9.59 Å². The number of hydrogen-bond donors (Lipinski definition) is 2. The fraction of sp³-hybridized carbons (Fsp3) is 0. The van der Waals surface area contributed by atoms with Gasteiger partial charge in [0.05, 0.1) is 17.2 Å². The Hall–Kier alpha value is -1.91. The van der Waals surface area contributed by atoms with Crippen LogP contribution in [0.4, 0.5) is 0 Å². The van der Waals surface area contributed by atoms with Gasteiger partial charge in [-0.05, 0) is 0 Å². The van der Waals surface area contributed by atoms with Crippen molar-refractivity contribution in [3.63, 3.8) is 0 Å². The summed E-state index contributed by atoms with van der Waals surface area (Å²) in [7, 11) is 0. The van der Waals surface area contributed by atoms with E-state index in [1.165, 1.54) is 18.6 Å². The van der Waals surface area contributed by atoms with Crippen LogP contribution in [-0.2, 0) is 0 Å². The highest BCUT2D eigenvalue weighted by Gasteiger charge is 1.97. The molecule has 0 aliphatic heterocycles. The predicted molar refractivity (Wildman–Crippen MR) is 43.0 cm³/mol. The molecule has 0 fully saturated rings. The summed E-state index contributed by atoms with van der Waals surface area (Å²) in [6, 6.07) is 1.28. The average Bonchev–Trinajstić information content (AvgIpc) is 2.04. The number of aromatic amines is 2. The molecule has 0 saturated carbocycles. The van der Waals surface area contributed by atoms with Crippen LogP contribution in [0.3, 0.4) is 0 Å². The number of nitrogens with one attached hydrogen (secondary N) is 2. The molecule has 0 bridgehead atoms. The first kappa shape index (κ1) is 6.78. The Balaban J connectivity index is 3.06. The van der Waals surface area contributed by atoms with Crippen LogP contribution < -0.4 is 11.1 Å². The van der Waals surface area contributed by atoms with Gasteiger partial charge in [0.2, 0.25) is 5.56 Å². The van der Waals surface area contributed by atoms with Gasteiger partial charge >= 0.3 is 0 Å². The maximum Gasteiger partial charge on any atom is 0.260 e. The molecule has 0 radical (unpaired) electrons. The highest BCUT2D eigenvalue weighted by atomic mass is 16.1. The Labute approximate surface area is 66.1 Å². The van der Waals surface area contributed by atoms with Crippen LogP contribution in [0.25, 0.3) is 10.9 Å². The molecule has 0 atom stereocenters. The lowest BCUT2D eigenvalue weighted by molar-refractivity contribution is 1.15. The zero-order valence-electron chi connectivity index (χ0n) is 6.00. The van der Waals surface area contributed by atoms with Gasteiger partial charge in [0.1, 0.15) is 0 Å². The number of nitrogens with zero attached hydrogens (tertiary/aromatic N) is 1. The Bertz CT molecular complexity index is 526. The molecule has 2 aromatic rings. The number of H-pyrrole nitrogens is 2. The third-order valence-corrected chi connectivity index (χ3v) is 1.55. The standard InChI is InChI=1S/C7H5N3O2/c11-6-1-5-4(2-8-6)7(12)10-3-9-5/h1-3H,(H,8,11)(H,9,10,12). The van der Waals surface area contributed by atoms with Gasteiger partial charge in [0, 0.05) is 12.3 Å². The Kier molecular flexibility index (Phi) is 1.30. The van der Waals surface area contributed by atoms with Crippen molar-refractivity contribution in [2.75, 3.05) is 0 Å². The summed E-state index contributed by atoms with van der Waals surface area (Å²) in [5.41, 5.74) is -0.112. The molecule has 12 heavy (non-hydrogen) atoms. The fourth-order valence-electron chi connectivity index (χ4n) is 0.988. The molecule has 2 heterocycles. The van der Waals surface area contributed by atoms with Gasteiger partial charge in [0.15, 0.2) is 0 Å². The van der Waals surface area contributed by atoms with Crippen molar-refractivity contribution in [1.29, 1.82) is 0 Å². The van der Waals surface area contributed by atoms with E-state index in [4.69, 9.17) is 0 Å². The summed E-state index contributed by atoms with van der Waals surface area (Å²) in [5.74, 6) is 0. The predicted octanol–water partition coefficient (Wildman–Crippen LogP) is -0.389. The van der Waals surface area contributed by atoms with E-state index in [2.05, 4.69) is 15.0 Å². The molecule has 2 rings (SSSR count). The van der Waals surface area contributed by atoms with Crippen LogP contribution >= 0.6 is 0 Å². The molecule has 5 nitrogen and oxygen atoms in total. The van der Waals surface area contributed by atoms with Crippen molar-refractivity contribution in [3.8, 4) is 0 Å². The van der Waals surface area contributed by atoms with Crippen molar-refractivity contribution >= 4 is 10.9 Å². The summed E-state index contributed by atoms with van der Waals surface area (Å²) in [4.78, 5) is 30.5. The summed E-state index contributed by atoms with van der Waals surface area (Å²) in [6.45, 7) is 0. The van der Waals surface area contributed by atoms with Gasteiger partial charge in [0.25, 0.3) is 5.56 Å². The molecule has 2 aromatic heterocycles. The van der Waals surface area contributed by atoms with Crippen molar-refractivity contribution < 1.29 is 0 Å². The molecule has 5 heteroatoms. The lowest BCUT2D eigenvalue weighted by Crippen LogP contribution is -2.11. The molecular weight excluding hydrogens is 158 g/mol. The second-order valence-corrected chi connectivity index (χ2v) is 2.33. The van der Waals surface area contributed by atoms with E-state index in [0.29, 0.717) is 10.9 Å².